The smallest absolute Gasteiger partial charge is 0.287 e. The summed E-state index contributed by atoms with van der Waals surface area (Å²) >= 11 is 0. The van der Waals surface area contributed by atoms with Crippen molar-refractivity contribution >= 4 is 11.4 Å². The van der Waals surface area contributed by atoms with Crippen LogP contribution in [0, 0.1) is 0 Å². The number of carbonyl (C=O) groups excluding carboxylic acids is 1. The fourth-order valence-corrected chi connectivity index (χ4v) is 1.37. The van der Waals surface area contributed by atoms with E-state index in [4.69, 9.17) is 0 Å². The average molecular weight is 225 g/mol. The molecule has 0 N–H and O–H groups in total. The van der Waals surface area contributed by atoms with E-state index in [1.165, 1.54) is 29.9 Å². The van der Waals surface area contributed by atoms with Crippen LogP contribution in [0.25, 0.3) is 5.65 Å². The molecule has 2 aromatic rings. The minimum absolute atomic E-state index is 0.103. The molecular weight excluding hydrogens is 216 g/mol. The van der Waals surface area contributed by atoms with Crippen molar-refractivity contribution in [1.82, 2.24) is 14.4 Å². The molecule has 0 amide bonds. The van der Waals surface area contributed by atoms with Crippen LogP contribution in [0.1, 0.15) is 30.0 Å². The lowest BCUT2D eigenvalue weighted by molar-refractivity contribution is 0.0129. The Morgan fingerprint density at radius 3 is 2.75 bits per heavy atom. The largest absolute Gasteiger partial charge is 0.293 e. The van der Waals surface area contributed by atoms with Gasteiger partial charge < -0.3 is 0 Å². The average Bonchev–Trinajstić information content (AvgIpc) is 2.58. The van der Waals surface area contributed by atoms with Crippen LogP contribution in [-0.2, 0) is 5.92 Å². The molecule has 2 rings (SSSR count). The van der Waals surface area contributed by atoms with Gasteiger partial charge in [-0.3, -0.25) is 9.20 Å². The lowest BCUT2D eigenvalue weighted by Gasteiger charge is -2.09. The van der Waals surface area contributed by atoms with E-state index in [9.17, 15) is 13.6 Å². The Kier molecular flexibility index (Phi) is 2.22. The Morgan fingerprint density at radius 1 is 1.50 bits per heavy atom. The van der Waals surface area contributed by atoms with E-state index >= 15 is 0 Å². The first-order valence-electron chi connectivity index (χ1n) is 4.62. The third kappa shape index (κ3) is 1.66. The molecule has 0 unspecified atom stereocenters. The molecule has 2 aromatic heterocycles. The van der Waals surface area contributed by atoms with Gasteiger partial charge >= 0.3 is 0 Å². The molecule has 4 nitrogen and oxygen atoms in total. The van der Waals surface area contributed by atoms with Gasteiger partial charge in [0.2, 0.25) is 0 Å². The zero-order valence-corrected chi connectivity index (χ0v) is 8.74. The molecule has 0 saturated heterocycles. The monoisotopic (exact) mass is 225 g/mol. The van der Waals surface area contributed by atoms with Crippen molar-refractivity contribution in [3.8, 4) is 0 Å². The van der Waals surface area contributed by atoms with Gasteiger partial charge in [-0.05, 0) is 6.07 Å². The van der Waals surface area contributed by atoms with Gasteiger partial charge in [0.05, 0.1) is 0 Å². The summed E-state index contributed by atoms with van der Waals surface area (Å²) in [5.41, 5.74) is -0.111. The second-order valence-corrected chi connectivity index (χ2v) is 3.58. The van der Waals surface area contributed by atoms with Crippen LogP contribution in [0.2, 0.25) is 0 Å². The van der Waals surface area contributed by atoms with Crippen LogP contribution in [0.5, 0.6) is 0 Å². The van der Waals surface area contributed by atoms with Crippen LogP contribution in [-0.4, -0.2) is 20.2 Å². The normalized spacial score (nSPS) is 12.0. The van der Waals surface area contributed by atoms with E-state index < -0.39 is 5.92 Å². The summed E-state index contributed by atoms with van der Waals surface area (Å²) in [6.45, 7) is 2.08. The Labute approximate surface area is 89.9 Å². The number of nitrogens with zero attached hydrogens (tertiary/aromatic N) is 3. The maximum absolute atomic E-state index is 13.0. The molecule has 0 bridgehead atoms. The number of carbonyl (C=O) groups is 1. The molecule has 0 aliphatic heterocycles. The van der Waals surface area contributed by atoms with Gasteiger partial charge in [-0.25, -0.2) is 9.97 Å². The number of Topliss-reactive ketones (excluding diaryl/α,β-unsaturated/α-hetero) is 1. The van der Waals surface area contributed by atoms with Crippen molar-refractivity contribution in [2.24, 2.45) is 0 Å². The van der Waals surface area contributed by atoms with E-state index in [2.05, 4.69) is 9.97 Å². The standard InChI is InChI=1S/C10H9F2N3O/c1-6(16)8-9-14-7(10(2,11)12)3-4-15(9)5-13-8/h3-5H,1-2H3. The third-order valence-electron chi connectivity index (χ3n) is 2.17. The summed E-state index contributed by atoms with van der Waals surface area (Å²) in [7, 11) is 0. The fraction of sp³-hybridized carbons (Fsp3) is 0.300. The molecule has 0 radical (unpaired) electrons. The number of fused-ring (bicyclic) bond motifs is 1. The topological polar surface area (TPSA) is 47.3 Å². The second kappa shape index (κ2) is 3.33. The first-order valence-corrected chi connectivity index (χ1v) is 4.62. The Hall–Kier alpha value is -1.85. The van der Waals surface area contributed by atoms with Gasteiger partial charge in [0.25, 0.3) is 5.92 Å². The van der Waals surface area contributed by atoms with Crippen molar-refractivity contribution in [3.05, 3.63) is 30.0 Å². The summed E-state index contributed by atoms with van der Waals surface area (Å²) in [6, 6.07) is 1.21. The fourth-order valence-electron chi connectivity index (χ4n) is 1.37. The first-order chi connectivity index (χ1) is 7.39. The third-order valence-corrected chi connectivity index (χ3v) is 2.17. The molecule has 0 spiro atoms. The predicted octanol–water partition coefficient (Wildman–Crippen LogP) is 2.04. The second-order valence-electron chi connectivity index (χ2n) is 3.58. The van der Waals surface area contributed by atoms with Crippen molar-refractivity contribution in [2.45, 2.75) is 19.8 Å². The van der Waals surface area contributed by atoms with Crippen LogP contribution < -0.4 is 0 Å². The number of halogens is 2. The van der Waals surface area contributed by atoms with Crippen molar-refractivity contribution in [3.63, 3.8) is 0 Å². The van der Waals surface area contributed by atoms with E-state index in [0.29, 0.717) is 0 Å². The Morgan fingerprint density at radius 2 is 2.19 bits per heavy atom. The number of alkyl halides is 2. The van der Waals surface area contributed by atoms with Gasteiger partial charge in [-0.1, -0.05) is 0 Å². The molecule has 0 atom stereocenters. The summed E-state index contributed by atoms with van der Waals surface area (Å²) in [4.78, 5) is 18.8. The van der Waals surface area contributed by atoms with Gasteiger partial charge in [0.15, 0.2) is 17.1 Å². The first kappa shape index (κ1) is 10.7. The van der Waals surface area contributed by atoms with Crippen molar-refractivity contribution in [2.75, 3.05) is 0 Å². The summed E-state index contributed by atoms with van der Waals surface area (Å²) in [6.07, 6.45) is 2.78. The maximum Gasteiger partial charge on any atom is 0.287 e. The Balaban J connectivity index is 2.68. The number of imidazole rings is 1. The van der Waals surface area contributed by atoms with Gasteiger partial charge in [0.1, 0.15) is 12.0 Å². The molecule has 0 saturated carbocycles. The highest BCUT2D eigenvalue weighted by Gasteiger charge is 2.27. The van der Waals surface area contributed by atoms with Gasteiger partial charge in [-0.15, -0.1) is 0 Å². The molecular formula is C10H9F2N3O. The lowest BCUT2D eigenvalue weighted by Crippen LogP contribution is -2.11. The molecule has 84 valence electrons. The van der Waals surface area contributed by atoms with E-state index in [-0.39, 0.29) is 22.8 Å². The van der Waals surface area contributed by atoms with Crippen molar-refractivity contribution in [1.29, 1.82) is 0 Å². The molecule has 0 fully saturated rings. The highest BCUT2D eigenvalue weighted by atomic mass is 19.3. The van der Waals surface area contributed by atoms with E-state index in [1.54, 1.807) is 0 Å². The van der Waals surface area contributed by atoms with Crippen LogP contribution in [0.3, 0.4) is 0 Å². The number of rotatable bonds is 2. The minimum Gasteiger partial charge on any atom is -0.293 e. The van der Waals surface area contributed by atoms with Gasteiger partial charge in [-0.2, -0.15) is 8.78 Å². The zero-order valence-electron chi connectivity index (χ0n) is 8.74. The number of ketones is 1. The highest BCUT2D eigenvalue weighted by molar-refractivity contribution is 5.97. The molecule has 6 heteroatoms. The van der Waals surface area contributed by atoms with E-state index in [1.807, 2.05) is 0 Å². The number of hydrogen-bond donors (Lipinski definition) is 0. The van der Waals surface area contributed by atoms with Gasteiger partial charge in [0, 0.05) is 20.0 Å². The summed E-state index contributed by atoms with van der Waals surface area (Å²) < 4.78 is 27.5. The minimum atomic E-state index is -3.03. The molecule has 2 heterocycles. The zero-order chi connectivity index (χ0) is 11.9. The summed E-state index contributed by atoms with van der Waals surface area (Å²) in [5.74, 6) is -3.33. The molecule has 16 heavy (non-hydrogen) atoms. The lowest BCUT2D eigenvalue weighted by atomic mass is 10.2. The number of aromatic nitrogens is 3. The van der Waals surface area contributed by atoms with E-state index in [0.717, 1.165) is 6.92 Å². The molecule has 0 aliphatic carbocycles. The molecule has 0 aliphatic rings. The Bertz CT molecular complexity index is 557. The van der Waals surface area contributed by atoms with Crippen molar-refractivity contribution < 1.29 is 13.6 Å². The highest BCUT2D eigenvalue weighted by Crippen LogP contribution is 2.25. The van der Waals surface area contributed by atoms with Crippen LogP contribution in [0.15, 0.2) is 18.6 Å². The van der Waals surface area contributed by atoms with Crippen LogP contribution >= 0.6 is 0 Å². The van der Waals surface area contributed by atoms with Crippen LogP contribution in [0.4, 0.5) is 8.78 Å². The summed E-state index contributed by atoms with van der Waals surface area (Å²) in [5, 5.41) is 0. The quantitative estimate of drug-likeness (QED) is 0.735. The molecule has 0 aromatic carbocycles. The maximum atomic E-state index is 13.0. The SMILES string of the molecule is CC(=O)c1ncn2ccc(C(C)(F)F)nc12. The number of hydrogen-bond acceptors (Lipinski definition) is 3. The predicted molar refractivity (Wildman–Crippen MR) is 52.6 cm³/mol.